The smallest absolute Gasteiger partial charge is 0.119 e. The molecule has 2 heteroatoms. The van der Waals surface area contributed by atoms with Gasteiger partial charge in [-0.2, -0.15) is 0 Å². The first kappa shape index (κ1) is 11.8. The zero-order chi connectivity index (χ0) is 13.2. The molecule has 3 rings (SSSR count). The van der Waals surface area contributed by atoms with Crippen LogP contribution in [0.1, 0.15) is 24.1 Å². The van der Waals surface area contributed by atoms with E-state index in [1.807, 2.05) is 12.1 Å². The average Bonchev–Trinajstić information content (AvgIpc) is 2.90. The highest BCUT2D eigenvalue weighted by Crippen LogP contribution is 2.28. The van der Waals surface area contributed by atoms with Gasteiger partial charge in [0.1, 0.15) is 5.75 Å². The van der Waals surface area contributed by atoms with Gasteiger partial charge in [0.15, 0.2) is 0 Å². The topological polar surface area (TPSA) is 25.0 Å². The molecule has 2 nitrogen and oxygen atoms in total. The lowest BCUT2D eigenvalue weighted by Gasteiger charge is -2.09. The van der Waals surface area contributed by atoms with Crippen molar-refractivity contribution in [3.63, 3.8) is 0 Å². The lowest BCUT2D eigenvalue weighted by molar-refractivity contribution is 0.415. The van der Waals surface area contributed by atoms with E-state index in [9.17, 15) is 0 Å². The van der Waals surface area contributed by atoms with Crippen molar-refractivity contribution >= 4 is 10.9 Å². The summed E-state index contributed by atoms with van der Waals surface area (Å²) in [5.41, 5.74) is 3.70. The molecule has 1 unspecified atom stereocenters. The predicted octanol–water partition coefficient (Wildman–Crippen LogP) is 4.33. The Morgan fingerprint density at radius 3 is 2.53 bits per heavy atom. The highest BCUT2D eigenvalue weighted by molar-refractivity contribution is 5.82. The van der Waals surface area contributed by atoms with E-state index in [2.05, 4.69) is 54.4 Å². The minimum Gasteiger partial charge on any atom is -0.497 e. The summed E-state index contributed by atoms with van der Waals surface area (Å²) in [4.78, 5) is 3.49. The van der Waals surface area contributed by atoms with Crippen LogP contribution in [0.4, 0.5) is 0 Å². The van der Waals surface area contributed by atoms with Crippen LogP contribution in [0.2, 0.25) is 0 Å². The van der Waals surface area contributed by atoms with Crippen molar-refractivity contribution in [2.75, 3.05) is 7.11 Å². The van der Waals surface area contributed by atoms with Gasteiger partial charge in [-0.25, -0.2) is 0 Å². The number of hydrogen-bond acceptors (Lipinski definition) is 1. The van der Waals surface area contributed by atoms with Crippen LogP contribution in [0.5, 0.6) is 5.75 Å². The van der Waals surface area contributed by atoms with Gasteiger partial charge in [0.05, 0.1) is 7.11 Å². The van der Waals surface area contributed by atoms with Crippen LogP contribution >= 0.6 is 0 Å². The fourth-order valence-electron chi connectivity index (χ4n) is 2.41. The van der Waals surface area contributed by atoms with E-state index >= 15 is 0 Å². The number of methoxy groups -OCH3 is 1. The Balaban J connectivity index is 2.01. The Kier molecular flexibility index (Phi) is 3.00. The summed E-state index contributed by atoms with van der Waals surface area (Å²) in [7, 11) is 1.70. The fourth-order valence-corrected chi connectivity index (χ4v) is 2.41. The molecule has 19 heavy (non-hydrogen) atoms. The maximum absolute atomic E-state index is 5.26. The lowest BCUT2D eigenvalue weighted by Crippen LogP contribution is -1.95. The zero-order valence-corrected chi connectivity index (χ0v) is 11.2. The molecular weight excluding hydrogens is 234 g/mol. The third kappa shape index (κ3) is 2.22. The van der Waals surface area contributed by atoms with Gasteiger partial charge in [0.25, 0.3) is 0 Å². The monoisotopic (exact) mass is 251 g/mol. The predicted molar refractivity (Wildman–Crippen MR) is 78.8 cm³/mol. The van der Waals surface area contributed by atoms with Gasteiger partial charge < -0.3 is 9.72 Å². The molecule has 0 radical (unpaired) electrons. The van der Waals surface area contributed by atoms with Crippen LogP contribution in [0.3, 0.4) is 0 Å². The molecule has 0 saturated heterocycles. The third-order valence-electron chi connectivity index (χ3n) is 3.61. The number of nitrogens with one attached hydrogen (secondary N) is 1. The minimum absolute atomic E-state index is 0.361. The number of benzene rings is 2. The van der Waals surface area contributed by atoms with E-state index < -0.39 is 0 Å². The molecule has 1 N–H and O–H groups in total. The average molecular weight is 251 g/mol. The number of aromatic nitrogens is 1. The van der Waals surface area contributed by atoms with Crippen molar-refractivity contribution in [3.8, 4) is 5.75 Å². The van der Waals surface area contributed by atoms with Gasteiger partial charge in [0, 0.05) is 22.5 Å². The van der Waals surface area contributed by atoms with Crippen LogP contribution in [0, 0.1) is 0 Å². The normalized spacial score (nSPS) is 12.5. The highest BCUT2D eigenvalue weighted by Gasteiger charge is 2.11. The molecule has 0 aliphatic carbocycles. The van der Waals surface area contributed by atoms with E-state index in [1.165, 1.54) is 16.6 Å². The molecule has 96 valence electrons. The first-order valence-electron chi connectivity index (χ1n) is 6.49. The molecule has 0 saturated carbocycles. The van der Waals surface area contributed by atoms with E-state index in [0.717, 1.165) is 11.3 Å². The molecular formula is C17H17NO. The standard InChI is InChI=1S/C17H17NO/c1-12(13-6-4-3-5-7-13)17-11-14-10-15(19-2)8-9-16(14)18-17/h3-12,18H,1-2H3. The summed E-state index contributed by atoms with van der Waals surface area (Å²) >= 11 is 0. The summed E-state index contributed by atoms with van der Waals surface area (Å²) < 4.78 is 5.26. The number of rotatable bonds is 3. The highest BCUT2D eigenvalue weighted by atomic mass is 16.5. The van der Waals surface area contributed by atoms with Gasteiger partial charge in [-0.05, 0) is 29.8 Å². The van der Waals surface area contributed by atoms with Gasteiger partial charge in [0.2, 0.25) is 0 Å². The minimum atomic E-state index is 0.361. The van der Waals surface area contributed by atoms with Crippen LogP contribution in [-0.4, -0.2) is 12.1 Å². The fraction of sp³-hybridized carbons (Fsp3) is 0.176. The third-order valence-corrected chi connectivity index (χ3v) is 3.61. The SMILES string of the molecule is COc1ccc2[nH]c(C(C)c3ccccc3)cc2c1. The van der Waals surface area contributed by atoms with Crippen molar-refractivity contribution in [1.82, 2.24) is 4.98 Å². The number of H-pyrrole nitrogens is 1. The maximum Gasteiger partial charge on any atom is 0.119 e. The summed E-state index contributed by atoms with van der Waals surface area (Å²) in [6, 6.07) is 18.8. The molecule has 2 aromatic carbocycles. The van der Waals surface area contributed by atoms with Gasteiger partial charge in [-0.3, -0.25) is 0 Å². The number of fused-ring (bicyclic) bond motifs is 1. The summed E-state index contributed by atoms with van der Waals surface area (Å²) in [6.07, 6.45) is 0. The van der Waals surface area contributed by atoms with Crippen molar-refractivity contribution in [2.45, 2.75) is 12.8 Å². The van der Waals surface area contributed by atoms with Crippen molar-refractivity contribution in [3.05, 3.63) is 65.9 Å². The summed E-state index contributed by atoms with van der Waals surface area (Å²) in [5, 5.41) is 1.19. The van der Waals surface area contributed by atoms with Gasteiger partial charge in [-0.1, -0.05) is 37.3 Å². The number of aromatic amines is 1. The van der Waals surface area contributed by atoms with E-state index in [4.69, 9.17) is 4.74 Å². The van der Waals surface area contributed by atoms with E-state index in [1.54, 1.807) is 7.11 Å². The molecule has 1 heterocycles. The van der Waals surface area contributed by atoms with Crippen LogP contribution in [0.25, 0.3) is 10.9 Å². The molecule has 0 fully saturated rings. The van der Waals surface area contributed by atoms with Crippen molar-refractivity contribution in [1.29, 1.82) is 0 Å². The van der Waals surface area contributed by atoms with Crippen molar-refractivity contribution < 1.29 is 4.74 Å². The first-order chi connectivity index (χ1) is 9.28. The second kappa shape index (κ2) is 4.81. The number of hydrogen-bond donors (Lipinski definition) is 1. The Labute approximate surface area is 113 Å². The molecule has 0 aliphatic heterocycles. The van der Waals surface area contributed by atoms with Crippen LogP contribution < -0.4 is 4.74 Å². The Hall–Kier alpha value is -2.22. The zero-order valence-electron chi connectivity index (χ0n) is 11.2. The molecule has 0 spiro atoms. The van der Waals surface area contributed by atoms with E-state index in [0.29, 0.717) is 5.92 Å². The second-order valence-corrected chi connectivity index (χ2v) is 4.81. The first-order valence-corrected chi connectivity index (χ1v) is 6.49. The Morgan fingerprint density at radius 2 is 1.79 bits per heavy atom. The quantitative estimate of drug-likeness (QED) is 0.736. The maximum atomic E-state index is 5.26. The summed E-state index contributed by atoms with van der Waals surface area (Å²) in [5.74, 6) is 1.25. The second-order valence-electron chi connectivity index (χ2n) is 4.81. The molecule has 0 bridgehead atoms. The Bertz CT molecular complexity index is 685. The largest absolute Gasteiger partial charge is 0.497 e. The van der Waals surface area contributed by atoms with Gasteiger partial charge >= 0.3 is 0 Å². The van der Waals surface area contributed by atoms with Gasteiger partial charge in [-0.15, -0.1) is 0 Å². The molecule has 0 amide bonds. The van der Waals surface area contributed by atoms with E-state index in [-0.39, 0.29) is 0 Å². The number of ether oxygens (including phenoxy) is 1. The Morgan fingerprint density at radius 1 is 1.00 bits per heavy atom. The van der Waals surface area contributed by atoms with Crippen LogP contribution in [-0.2, 0) is 0 Å². The van der Waals surface area contributed by atoms with Crippen LogP contribution in [0.15, 0.2) is 54.6 Å². The van der Waals surface area contributed by atoms with Crippen molar-refractivity contribution in [2.24, 2.45) is 0 Å². The lowest BCUT2D eigenvalue weighted by atomic mass is 9.98. The molecule has 3 aromatic rings. The molecule has 1 aromatic heterocycles. The molecule has 0 aliphatic rings. The molecule has 1 atom stereocenters. The summed E-state index contributed by atoms with van der Waals surface area (Å²) in [6.45, 7) is 2.22.